The van der Waals surface area contributed by atoms with Crippen molar-refractivity contribution in [2.75, 3.05) is 37.5 Å². The number of hydrogen-bond donors (Lipinski definition) is 2. The van der Waals surface area contributed by atoms with Gasteiger partial charge in [0.1, 0.15) is 5.03 Å². The van der Waals surface area contributed by atoms with Crippen LogP contribution in [-0.2, 0) is 9.59 Å². The molecule has 2 N–H and O–H groups in total. The lowest BCUT2D eigenvalue weighted by molar-refractivity contribution is -0.136. The van der Waals surface area contributed by atoms with Crippen LogP contribution in [0.25, 0.3) is 0 Å². The Bertz CT molecular complexity index is 946. The van der Waals surface area contributed by atoms with Crippen molar-refractivity contribution in [1.82, 2.24) is 15.2 Å². The van der Waals surface area contributed by atoms with E-state index in [-0.39, 0.29) is 11.8 Å². The molecule has 0 aliphatic carbocycles. The van der Waals surface area contributed by atoms with Crippen LogP contribution in [0.5, 0.6) is 0 Å². The smallest absolute Gasteiger partial charge is 0.313 e. The SMILES string of the molecule is CSc1ccccc1NC(=O)C(=O)NCC1CCN(C(=O)c2cccnc2SC)CC1. The van der Waals surface area contributed by atoms with E-state index in [9.17, 15) is 14.4 Å². The monoisotopic (exact) mass is 458 g/mol. The van der Waals surface area contributed by atoms with Crippen LogP contribution < -0.4 is 10.6 Å². The second-order valence-corrected chi connectivity index (χ2v) is 8.80. The summed E-state index contributed by atoms with van der Waals surface area (Å²) < 4.78 is 0. The van der Waals surface area contributed by atoms with Gasteiger partial charge in [-0.1, -0.05) is 12.1 Å². The number of piperidine rings is 1. The van der Waals surface area contributed by atoms with Crippen LogP contribution in [0, 0.1) is 5.92 Å². The largest absolute Gasteiger partial charge is 0.348 e. The molecule has 1 aromatic carbocycles. The fraction of sp³-hybridized carbons (Fsp3) is 0.364. The molecule has 2 heterocycles. The van der Waals surface area contributed by atoms with Gasteiger partial charge in [-0.05, 0) is 55.5 Å². The summed E-state index contributed by atoms with van der Waals surface area (Å²) in [7, 11) is 0. The van der Waals surface area contributed by atoms with Crippen LogP contribution in [0.1, 0.15) is 23.2 Å². The molecule has 1 aliphatic rings. The lowest BCUT2D eigenvalue weighted by Gasteiger charge is -2.32. The summed E-state index contributed by atoms with van der Waals surface area (Å²) >= 11 is 2.96. The number of nitrogens with one attached hydrogen (secondary N) is 2. The Kier molecular flexibility index (Phi) is 8.36. The number of hydrogen-bond acceptors (Lipinski definition) is 6. The molecule has 1 saturated heterocycles. The summed E-state index contributed by atoms with van der Waals surface area (Å²) in [5.41, 5.74) is 1.26. The number of nitrogens with zero attached hydrogens (tertiary/aromatic N) is 2. The van der Waals surface area contributed by atoms with E-state index < -0.39 is 11.8 Å². The van der Waals surface area contributed by atoms with E-state index in [1.165, 1.54) is 23.5 Å². The van der Waals surface area contributed by atoms with Gasteiger partial charge in [0.15, 0.2) is 0 Å². The van der Waals surface area contributed by atoms with E-state index in [0.717, 1.165) is 22.8 Å². The second kappa shape index (κ2) is 11.2. The highest BCUT2D eigenvalue weighted by Gasteiger charge is 2.26. The lowest BCUT2D eigenvalue weighted by Crippen LogP contribution is -2.43. The van der Waals surface area contributed by atoms with Gasteiger partial charge in [0.25, 0.3) is 5.91 Å². The van der Waals surface area contributed by atoms with Gasteiger partial charge in [-0.3, -0.25) is 14.4 Å². The number of benzene rings is 1. The summed E-state index contributed by atoms with van der Waals surface area (Å²) in [6.07, 6.45) is 7.06. The minimum Gasteiger partial charge on any atom is -0.348 e. The molecule has 7 nitrogen and oxygen atoms in total. The average molecular weight is 459 g/mol. The lowest BCUT2D eigenvalue weighted by atomic mass is 9.96. The van der Waals surface area contributed by atoms with E-state index >= 15 is 0 Å². The number of pyridine rings is 1. The molecule has 0 spiro atoms. The number of thioether (sulfide) groups is 2. The number of aromatic nitrogens is 1. The van der Waals surface area contributed by atoms with E-state index in [2.05, 4.69) is 15.6 Å². The summed E-state index contributed by atoms with van der Waals surface area (Å²) in [4.78, 5) is 44.2. The van der Waals surface area contributed by atoms with Crippen molar-refractivity contribution in [2.24, 2.45) is 5.92 Å². The Morgan fingerprint density at radius 1 is 1.03 bits per heavy atom. The standard InChI is InChI=1S/C22H26N4O3S2/c1-30-18-8-4-3-7-17(18)25-20(28)19(27)24-14-15-9-12-26(13-10-15)22(29)16-6-5-11-23-21(16)31-2/h3-8,11,15H,9-10,12-14H2,1-2H3,(H,24,27)(H,25,28). The molecule has 0 saturated carbocycles. The second-order valence-electron chi connectivity index (χ2n) is 7.16. The van der Waals surface area contributed by atoms with Crippen molar-refractivity contribution < 1.29 is 14.4 Å². The average Bonchev–Trinajstić information content (AvgIpc) is 2.82. The van der Waals surface area contributed by atoms with Gasteiger partial charge >= 0.3 is 11.8 Å². The third kappa shape index (κ3) is 6.01. The zero-order chi connectivity index (χ0) is 22.2. The highest BCUT2D eigenvalue weighted by Crippen LogP contribution is 2.25. The molecular weight excluding hydrogens is 432 g/mol. The Hall–Kier alpha value is -2.52. The van der Waals surface area contributed by atoms with Crippen molar-refractivity contribution in [1.29, 1.82) is 0 Å². The number of para-hydroxylation sites is 1. The molecule has 3 rings (SSSR count). The van der Waals surface area contributed by atoms with Gasteiger partial charge in [0, 0.05) is 30.7 Å². The maximum atomic E-state index is 12.8. The van der Waals surface area contributed by atoms with Crippen molar-refractivity contribution in [3.63, 3.8) is 0 Å². The van der Waals surface area contributed by atoms with Gasteiger partial charge in [0.05, 0.1) is 11.3 Å². The number of likely N-dealkylation sites (tertiary alicyclic amines) is 1. The first kappa shape index (κ1) is 23.1. The highest BCUT2D eigenvalue weighted by molar-refractivity contribution is 7.99. The first-order valence-corrected chi connectivity index (χ1v) is 12.5. The van der Waals surface area contributed by atoms with Crippen LogP contribution in [-0.4, -0.2) is 59.8 Å². The van der Waals surface area contributed by atoms with E-state index in [1.54, 1.807) is 24.4 Å². The van der Waals surface area contributed by atoms with Crippen LogP contribution >= 0.6 is 23.5 Å². The number of carbonyl (C=O) groups excluding carboxylic acids is 3. The van der Waals surface area contributed by atoms with Crippen LogP contribution in [0.15, 0.2) is 52.5 Å². The zero-order valence-electron chi connectivity index (χ0n) is 17.6. The molecule has 0 radical (unpaired) electrons. The van der Waals surface area contributed by atoms with E-state index in [1.807, 2.05) is 35.6 Å². The number of anilines is 1. The van der Waals surface area contributed by atoms with E-state index in [0.29, 0.717) is 30.9 Å². The van der Waals surface area contributed by atoms with Crippen LogP contribution in [0.2, 0.25) is 0 Å². The van der Waals surface area contributed by atoms with Crippen LogP contribution in [0.3, 0.4) is 0 Å². The zero-order valence-corrected chi connectivity index (χ0v) is 19.2. The van der Waals surface area contributed by atoms with Crippen molar-refractivity contribution in [3.8, 4) is 0 Å². The molecule has 3 amide bonds. The minimum absolute atomic E-state index is 0.00762. The third-order valence-electron chi connectivity index (χ3n) is 5.21. The van der Waals surface area contributed by atoms with Crippen molar-refractivity contribution >= 4 is 46.9 Å². The molecule has 1 aliphatic heterocycles. The van der Waals surface area contributed by atoms with Gasteiger partial charge in [-0.15, -0.1) is 23.5 Å². The number of rotatable bonds is 6. The molecule has 0 bridgehead atoms. The Morgan fingerprint density at radius 2 is 1.77 bits per heavy atom. The molecule has 164 valence electrons. The first-order valence-electron chi connectivity index (χ1n) is 10.0. The Labute approximate surface area is 190 Å². The quantitative estimate of drug-likeness (QED) is 0.511. The summed E-state index contributed by atoms with van der Waals surface area (Å²) in [6.45, 7) is 1.66. The molecule has 2 aromatic rings. The first-order chi connectivity index (χ1) is 15.0. The fourth-order valence-corrected chi connectivity index (χ4v) is 4.57. The molecule has 0 unspecified atom stereocenters. The molecule has 0 atom stereocenters. The predicted molar refractivity (Wildman–Crippen MR) is 125 cm³/mol. The van der Waals surface area contributed by atoms with E-state index in [4.69, 9.17) is 0 Å². The Morgan fingerprint density at radius 3 is 2.48 bits per heavy atom. The molecule has 9 heteroatoms. The van der Waals surface area contributed by atoms with Crippen molar-refractivity contribution in [3.05, 3.63) is 48.2 Å². The molecule has 31 heavy (non-hydrogen) atoms. The predicted octanol–water partition coefficient (Wildman–Crippen LogP) is 3.13. The minimum atomic E-state index is -0.671. The van der Waals surface area contributed by atoms with Crippen molar-refractivity contribution in [2.45, 2.75) is 22.8 Å². The van der Waals surface area contributed by atoms with Gasteiger partial charge < -0.3 is 15.5 Å². The topological polar surface area (TPSA) is 91.4 Å². The normalized spacial score (nSPS) is 14.2. The Balaban J connectivity index is 1.46. The summed E-state index contributed by atoms with van der Waals surface area (Å²) in [5, 5.41) is 6.13. The third-order valence-corrected chi connectivity index (χ3v) is 6.72. The summed E-state index contributed by atoms with van der Waals surface area (Å²) in [6, 6.07) is 10.9. The molecule has 1 fully saturated rings. The number of amides is 3. The van der Waals surface area contributed by atoms with Gasteiger partial charge in [-0.2, -0.15) is 0 Å². The molecule has 1 aromatic heterocycles. The maximum Gasteiger partial charge on any atom is 0.313 e. The fourth-order valence-electron chi connectivity index (χ4n) is 3.47. The maximum absolute atomic E-state index is 12.8. The van der Waals surface area contributed by atoms with Gasteiger partial charge in [-0.25, -0.2) is 4.98 Å². The van der Waals surface area contributed by atoms with Gasteiger partial charge in [0.2, 0.25) is 0 Å². The summed E-state index contributed by atoms with van der Waals surface area (Å²) in [5.74, 6) is -1.09. The highest BCUT2D eigenvalue weighted by atomic mass is 32.2. The number of carbonyl (C=O) groups is 3. The van der Waals surface area contributed by atoms with Crippen LogP contribution in [0.4, 0.5) is 5.69 Å². The molecular formula is C22H26N4O3S2.